The Bertz CT molecular complexity index is 1040. The lowest BCUT2D eigenvalue weighted by atomic mass is 10.1. The fraction of sp³-hybridized carbons (Fsp3) is 0.200. The average molecular weight is 366 g/mol. The second-order valence-corrected chi connectivity index (χ2v) is 6.31. The van der Waals surface area contributed by atoms with Crippen LogP contribution in [0.2, 0.25) is 0 Å². The number of rotatable bonds is 5. The maximum absolute atomic E-state index is 12.6. The maximum Gasteiger partial charge on any atom is 0.352 e. The molecule has 7 nitrogen and oxygen atoms in total. The van der Waals surface area contributed by atoms with E-state index in [-0.39, 0.29) is 18.1 Å². The smallest absolute Gasteiger partial charge is 0.352 e. The zero-order valence-corrected chi connectivity index (χ0v) is 14.6. The molecule has 0 fully saturated rings. The van der Waals surface area contributed by atoms with Gasteiger partial charge in [-0.25, -0.2) is 4.79 Å². The maximum atomic E-state index is 12.6. The number of carbonyl (C=O) groups excluding carboxylic acids is 1. The second-order valence-electron chi connectivity index (χ2n) is 6.31. The molecule has 1 unspecified atom stereocenters. The van der Waals surface area contributed by atoms with Crippen molar-refractivity contribution in [3.8, 4) is 11.5 Å². The van der Waals surface area contributed by atoms with Crippen molar-refractivity contribution in [2.24, 2.45) is 0 Å². The Morgan fingerprint density at radius 2 is 2.07 bits per heavy atom. The van der Waals surface area contributed by atoms with E-state index in [4.69, 9.17) is 9.47 Å². The van der Waals surface area contributed by atoms with Crippen LogP contribution in [-0.4, -0.2) is 35.2 Å². The molecule has 1 atom stereocenters. The Hall–Kier alpha value is -3.48. The van der Waals surface area contributed by atoms with Crippen molar-refractivity contribution < 1.29 is 24.2 Å². The molecule has 3 N–H and O–H groups in total. The largest absolute Gasteiger partial charge is 0.493 e. The summed E-state index contributed by atoms with van der Waals surface area (Å²) >= 11 is 0. The number of hydrogen-bond donors (Lipinski definition) is 3. The van der Waals surface area contributed by atoms with Crippen molar-refractivity contribution in [3.63, 3.8) is 0 Å². The highest BCUT2D eigenvalue weighted by molar-refractivity contribution is 5.97. The van der Waals surface area contributed by atoms with Crippen LogP contribution in [0, 0.1) is 0 Å². The number of nitrogens with one attached hydrogen (secondary N) is 2. The van der Waals surface area contributed by atoms with Crippen LogP contribution >= 0.6 is 0 Å². The molecular weight excluding hydrogens is 348 g/mol. The first-order valence-corrected chi connectivity index (χ1v) is 8.51. The van der Waals surface area contributed by atoms with E-state index in [0.717, 1.165) is 10.9 Å². The number of para-hydroxylation sites is 2. The fourth-order valence-electron chi connectivity index (χ4n) is 3.40. The van der Waals surface area contributed by atoms with Gasteiger partial charge >= 0.3 is 5.97 Å². The summed E-state index contributed by atoms with van der Waals surface area (Å²) in [5.41, 5.74) is 2.24. The molecule has 1 aliphatic heterocycles. The molecule has 7 heteroatoms. The molecule has 2 aromatic carbocycles. The number of carbonyl (C=O) groups is 2. The van der Waals surface area contributed by atoms with Crippen LogP contribution in [-0.2, 0) is 17.8 Å². The number of aromatic nitrogens is 1. The molecule has 1 aliphatic rings. The number of hydrogen-bond acceptors (Lipinski definition) is 4. The Kier molecular flexibility index (Phi) is 4.19. The van der Waals surface area contributed by atoms with E-state index in [0.29, 0.717) is 29.0 Å². The Morgan fingerprint density at radius 1 is 1.26 bits per heavy atom. The topological polar surface area (TPSA) is 101 Å². The van der Waals surface area contributed by atoms with E-state index in [9.17, 15) is 14.7 Å². The fourth-order valence-corrected chi connectivity index (χ4v) is 3.40. The van der Waals surface area contributed by atoms with E-state index < -0.39 is 12.1 Å². The van der Waals surface area contributed by atoms with Gasteiger partial charge in [0.25, 0.3) is 5.91 Å². The molecule has 0 spiro atoms. The van der Waals surface area contributed by atoms with Crippen LogP contribution in [0.1, 0.15) is 21.6 Å². The highest BCUT2D eigenvalue weighted by atomic mass is 16.5. The highest BCUT2D eigenvalue weighted by Crippen LogP contribution is 2.37. The van der Waals surface area contributed by atoms with Gasteiger partial charge in [-0.3, -0.25) is 4.79 Å². The van der Waals surface area contributed by atoms with Crippen molar-refractivity contribution in [2.75, 3.05) is 7.11 Å². The molecule has 1 aromatic heterocycles. The Morgan fingerprint density at radius 3 is 2.85 bits per heavy atom. The number of aromatic amines is 1. The van der Waals surface area contributed by atoms with Gasteiger partial charge < -0.3 is 24.9 Å². The molecule has 2 heterocycles. The summed E-state index contributed by atoms with van der Waals surface area (Å²) in [5.74, 6) is -0.189. The van der Waals surface area contributed by atoms with E-state index in [1.807, 2.05) is 30.3 Å². The van der Waals surface area contributed by atoms with Gasteiger partial charge in [-0.1, -0.05) is 30.3 Å². The van der Waals surface area contributed by atoms with Gasteiger partial charge in [0.2, 0.25) is 0 Å². The summed E-state index contributed by atoms with van der Waals surface area (Å²) in [5, 5.41) is 13.0. The number of amides is 1. The van der Waals surface area contributed by atoms with Gasteiger partial charge in [0.05, 0.1) is 7.11 Å². The molecule has 1 amide bonds. The predicted molar refractivity (Wildman–Crippen MR) is 98.2 cm³/mol. The van der Waals surface area contributed by atoms with E-state index in [1.165, 1.54) is 0 Å². The van der Waals surface area contributed by atoms with Crippen LogP contribution in [0.5, 0.6) is 11.5 Å². The van der Waals surface area contributed by atoms with E-state index >= 15 is 0 Å². The van der Waals surface area contributed by atoms with E-state index in [1.54, 1.807) is 19.2 Å². The highest BCUT2D eigenvalue weighted by Gasteiger charge is 2.31. The van der Waals surface area contributed by atoms with Gasteiger partial charge in [0.15, 0.2) is 17.6 Å². The first-order chi connectivity index (χ1) is 13.1. The lowest BCUT2D eigenvalue weighted by Crippen LogP contribution is -2.37. The minimum Gasteiger partial charge on any atom is -0.493 e. The number of ether oxygens (including phenoxy) is 2. The molecule has 0 radical (unpaired) electrons. The molecule has 0 saturated heterocycles. The number of carboxylic acids is 1. The summed E-state index contributed by atoms with van der Waals surface area (Å²) < 4.78 is 11.0. The summed E-state index contributed by atoms with van der Waals surface area (Å²) in [6.45, 7) is 0.0951. The third-order valence-corrected chi connectivity index (χ3v) is 4.71. The molecule has 0 saturated carbocycles. The third-order valence-electron chi connectivity index (χ3n) is 4.71. The van der Waals surface area contributed by atoms with Gasteiger partial charge in [-0.15, -0.1) is 0 Å². The van der Waals surface area contributed by atoms with Crippen molar-refractivity contribution in [1.82, 2.24) is 10.3 Å². The first-order valence-electron chi connectivity index (χ1n) is 8.51. The number of methoxy groups -OCH3 is 1. The van der Waals surface area contributed by atoms with Gasteiger partial charge in [-0.2, -0.15) is 0 Å². The molecular formula is C20H18N2O5. The van der Waals surface area contributed by atoms with Crippen molar-refractivity contribution in [1.29, 1.82) is 0 Å². The molecule has 0 bridgehead atoms. The van der Waals surface area contributed by atoms with Crippen LogP contribution in [0.4, 0.5) is 0 Å². The SMILES string of the molecule is COc1cccc2c1OC(C(=O)NCc1c(C(=O)O)[nH]c3ccccc13)C2. The van der Waals surface area contributed by atoms with Gasteiger partial charge in [-0.05, 0) is 12.1 Å². The van der Waals surface area contributed by atoms with Crippen molar-refractivity contribution in [2.45, 2.75) is 19.1 Å². The molecule has 27 heavy (non-hydrogen) atoms. The predicted octanol–water partition coefficient (Wildman–Crippen LogP) is 2.49. The average Bonchev–Trinajstić information content (AvgIpc) is 3.27. The molecule has 4 rings (SSSR count). The number of aromatic carboxylic acids is 1. The number of carboxylic acid groups (broad SMARTS) is 1. The number of H-pyrrole nitrogens is 1. The summed E-state index contributed by atoms with van der Waals surface area (Å²) in [4.78, 5) is 27.0. The zero-order valence-electron chi connectivity index (χ0n) is 14.6. The lowest BCUT2D eigenvalue weighted by Gasteiger charge is -2.12. The van der Waals surface area contributed by atoms with Crippen LogP contribution in [0.3, 0.4) is 0 Å². The van der Waals surface area contributed by atoms with Crippen molar-refractivity contribution in [3.05, 3.63) is 59.3 Å². The third kappa shape index (κ3) is 2.97. The first kappa shape index (κ1) is 17.0. The Balaban J connectivity index is 1.52. The minimum atomic E-state index is -1.07. The monoisotopic (exact) mass is 366 g/mol. The van der Waals surface area contributed by atoms with E-state index in [2.05, 4.69) is 10.3 Å². The molecule has 138 valence electrons. The molecule has 0 aliphatic carbocycles. The quantitative estimate of drug-likeness (QED) is 0.644. The van der Waals surface area contributed by atoms with Gasteiger partial charge in [0, 0.05) is 35.0 Å². The summed E-state index contributed by atoms with van der Waals surface area (Å²) in [6.07, 6.45) is -0.229. The van der Waals surface area contributed by atoms with Crippen molar-refractivity contribution >= 4 is 22.8 Å². The lowest BCUT2D eigenvalue weighted by molar-refractivity contribution is -0.127. The second kappa shape index (κ2) is 6.68. The van der Waals surface area contributed by atoms with Crippen LogP contribution < -0.4 is 14.8 Å². The molecule has 3 aromatic rings. The normalized spacial score (nSPS) is 15.2. The summed E-state index contributed by atoms with van der Waals surface area (Å²) in [7, 11) is 1.55. The summed E-state index contributed by atoms with van der Waals surface area (Å²) in [6, 6.07) is 12.8. The zero-order chi connectivity index (χ0) is 19.0. The van der Waals surface area contributed by atoms with Crippen LogP contribution in [0.25, 0.3) is 10.9 Å². The number of benzene rings is 2. The minimum absolute atomic E-state index is 0.0776. The van der Waals surface area contributed by atoms with Crippen LogP contribution in [0.15, 0.2) is 42.5 Å². The van der Waals surface area contributed by atoms with Gasteiger partial charge in [0.1, 0.15) is 5.69 Å². The number of fused-ring (bicyclic) bond motifs is 2. The Labute approximate surface area is 154 Å². The standard InChI is InChI=1S/C20H18N2O5/c1-26-15-8-4-5-11-9-16(27-18(11)15)19(23)21-10-13-12-6-2-3-7-14(12)22-17(13)20(24)25/h2-8,16,22H,9-10H2,1H3,(H,21,23)(H,24,25).